The molecule has 1 amide bonds. The SMILES string of the molecule is Cl.O=C(CCN1CCNCC1c1cccnc1)Nc1ccccc1Cl. The number of carbonyl (C=O) groups is 1. The Labute approximate surface area is 159 Å². The number of aromatic nitrogens is 1. The van der Waals surface area contributed by atoms with Gasteiger partial charge in [-0.2, -0.15) is 0 Å². The van der Waals surface area contributed by atoms with Crippen molar-refractivity contribution in [3.05, 3.63) is 59.4 Å². The summed E-state index contributed by atoms with van der Waals surface area (Å²) in [4.78, 5) is 18.8. The predicted molar refractivity (Wildman–Crippen MR) is 103 cm³/mol. The van der Waals surface area contributed by atoms with E-state index in [1.807, 2.05) is 30.5 Å². The molecule has 1 saturated heterocycles. The van der Waals surface area contributed by atoms with Crippen LogP contribution < -0.4 is 10.6 Å². The molecule has 1 aromatic heterocycles. The average Bonchev–Trinajstić information content (AvgIpc) is 2.63. The fraction of sp³-hybridized carbons (Fsp3) is 0.333. The van der Waals surface area contributed by atoms with Crippen LogP contribution in [0.5, 0.6) is 0 Å². The van der Waals surface area contributed by atoms with Crippen LogP contribution in [0.1, 0.15) is 18.0 Å². The molecule has 2 aromatic rings. The maximum atomic E-state index is 12.2. The number of nitrogens with one attached hydrogen (secondary N) is 2. The average molecular weight is 381 g/mol. The normalized spacial score (nSPS) is 17.6. The van der Waals surface area contributed by atoms with E-state index in [1.165, 1.54) is 5.56 Å². The molecule has 0 radical (unpaired) electrons. The van der Waals surface area contributed by atoms with E-state index < -0.39 is 0 Å². The second kappa shape index (κ2) is 9.73. The molecule has 7 heteroatoms. The fourth-order valence-electron chi connectivity index (χ4n) is 2.94. The van der Waals surface area contributed by atoms with Gasteiger partial charge in [0.1, 0.15) is 0 Å². The summed E-state index contributed by atoms with van der Waals surface area (Å²) < 4.78 is 0. The number of benzene rings is 1. The van der Waals surface area contributed by atoms with Crippen molar-refractivity contribution in [2.45, 2.75) is 12.5 Å². The Hall–Kier alpha value is -1.66. The molecule has 134 valence electrons. The fourth-order valence-corrected chi connectivity index (χ4v) is 3.12. The van der Waals surface area contributed by atoms with Gasteiger partial charge in [0.15, 0.2) is 0 Å². The van der Waals surface area contributed by atoms with E-state index in [0.29, 0.717) is 23.7 Å². The largest absolute Gasteiger partial charge is 0.325 e. The highest BCUT2D eigenvalue weighted by molar-refractivity contribution is 6.33. The van der Waals surface area contributed by atoms with Crippen LogP contribution in [0.25, 0.3) is 0 Å². The Morgan fingerprint density at radius 1 is 1.32 bits per heavy atom. The Balaban J connectivity index is 0.00000225. The number of pyridine rings is 1. The monoisotopic (exact) mass is 380 g/mol. The minimum atomic E-state index is -0.0217. The van der Waals surface area contributed by atoms with Gasteiger partial charge < -0.3 is 10.6 Å². The number of nitrogens with zero attached hydrogens (tertiary/aromatic N) is 2. The zero-order valence-electron chi connectivity index (χ0n) is 13.8. The quantitative estimate of drug-likeness (QED) is 0.836. The molecule has 1 aliphatic rings. The highest BCUT2D eigenvalue weighted by atomic mass is 35.5. The molecule has 0 saturated carbocycles. The molecule has 1 aromatic carbocycles. The summed E-state index contributed by atoms with van der Waals surface area (Å²) in [6.45, 7) is 3.43. The molecule has 1 atom stereocenters. The number of carbonyl (C=O) groups excluding carboxylic acids is 1. The van der Waals surface area contributed by atoms with Gasteiger partial charge in [0.2, 0.25) is 5.91 Å². The van der Waals surface area contributed by atoms with Crippen LogP contribution >= 0.6 is 24.0 Å². The van der Waals surface area contributed by atoms with Gasteiger partial charge in [-0.25, -0.2) is 0 Å². The summed E-state index contributed by atoms with van der Waals surface area (Å²) >= 11 is 6.08. The number of hydrogen-bond acceptors (Lipinski definition) is 4. The van der Waals surface area contributed by atoms with Crippen molar-refractivity contribution in [2.75, 3.05) is 31.5 Å². The summed E-state index contributed by atoms with van der Waals surface area (Å²) in [7, 11) is 0. The zero-order valence-corrected chi connectivity index (χ0v) is 15.4. The number of anilines is 1. The molecule has 3 rings (SSSR count). The molecule has 0 aliphatic carbocycles. The van der Waals surface area contributed by atoms with E-state index in [4.69, 9.17) is 11.6 Å². The lowest BCUT2D eigenvalue weighted by Crippen LogP contribution is -2.46. The summed E-state index contributed by atoms with van der Waals surface area (Å²) in [6, 6.07) is 11.6. The first kappa shape index (κ1) is 19.7. The van der Waals surface area contributed by atoms with Gasteiger partial charge in [-0.3, -0.25) is 14.7 Å². The smallest absolute Gasteiger partial charge is 0.225 e. The lowest BCUT2D eigenvalue weighted by Gasteiger charge is -2.36. The van der Waals surface area contributed by atoms with Gasteiger partial charge >= 0.3 is 0 Å². The van der Waals surface area contributed by atoms with Crippen LogP contribution in [0.4, 0.5) is 5.69 Å². The molecule has 0 bridgehead atoms. The Kier molecular flexibility index (Phi) is 7.65. The summed E-state index contributed by atoms with van der Waals surface area (Å²) in [5.41, 5.74) is 1.84. The van der Waals surface area contributed by atoms with E-state index in [-0.39, 0.29) is 24.4 Å². The van der Waals surface area contributed by atoms with Gasteiger partial charge in [-0.1, -0.05) is 29.8 Å². The summed E-state index contributed by atoms with van der Waals surface area (Å²) in [6.07, 6.45) is 4.11. The number of piperazine rings is 1. The van der Waals surface area contributed by atoms with Crippen molar-refractivity contribution in [2.24, 2.45) is 0 Å². The first-order valence-electron chi connectivity index (χ1n) is 8.13. The van der Waals surface area contributed by atoms with Crippen molar-refractivity contribution in [3.63, 3.8) is 0 Å². The second-order valence-electron chi connectivity index (χ2n) is 5.82. The van der Waals surface area contributed by atoms with E-state index in [1.54, 1.807) is 12.3 Å². The van der Waals surface area contributed by atoms with Crippen LogP contribution in [0.3, 0.4) is 0 Å². The molecular formula is C18H22Cl2N4O. The van der Waals surface area contributed by atoms with Crippen molar-refractivity contribution in [1.82, 2.24) is 15.2 Å². The lowest BCUT2D eigenvalue weighted by atomic mass is 10.1. The molecule has 5 nitrogen and oxygen atoms in total. The maximum absolute atomic E-state index is 12.2. The van der Waals surface area contributed by atoms with Gasteiger partial charge in [0.05, 0.1) is 10.7 Å². The van der Waals surface area contributed by atoms with E-state index in [9.17, 15) is 4.79 Å². The van der Waals surface area contributed by atoms with Crippen molar-refractivity contribution in [1.29, 1.82) is 0 Å². The van der Waals surface area contributed by atoms with Crippen LogP contribution in [0, 0.1) is 0 Å². The molecular weight excluding hydrogens is 359 g/mol. The lowest BCUT2D eigenvalue weighted by molar-refractivity contribution is -0.116. The third-order valence-corrected chi connectivity index (χ3v) is 4.53. The summed E-state index contributed by atoms with van der Waals surface area (Å²) in [5.74, 6) is -0.0217. The predicted octanol–water partition coefficient (Wildman–Crippen LogP) is 3.13. The number of para-hydroxylation sites is 1. The highest BCUT2D eigenvalue weighted by Gasteiger charge is 2.24. The Morgan fingerprint density at radius 2 is 2.16 bits per heavy atom. The molecule has 2 N–H and O–H groups in total. The van der Waals surface area contributed by atoms with E-state index in [2.05, 4.69) is 26.6 Å². The molecule has 25 heavy (non-hydrogen) atoms. The van der Waals surface area contributed by atoms with E-state index >= 15 is 0 Å². The highest BCUT2D eigenvalue weighted by Crippen LogP contribution is 2.23. The number of hydrogen-bond donors (Lipinski definition) is 2. The van der Waals surface area contributed by atoms with Gasteiger partial charge in [-0.15, -0.1) is 12.4 Å². The van der Waals surface area contributed by atoms with Gasteiger partial charge in [0.25, 0.3) is 0 Å². The van der Waals surface area contributed by atoms with E-state index in [0.717, 1.165) is 19.6 Å². The minimum absolute atomic E-state index is 0. The van der Waals surface area contributed by atoms with Crippen LogP contribution in [-0.2, 0) is 4.79 Å². The first-order valence-corrected chi connectivity index (χ1v) is 8.51. The van der Waals surface area contributed by atoms with Crippen LogP contribution in [0.2, 0.25) is 5.02 Å². The number of rotatable bonds is 5. The standard InChI is InChI=1S/C18H21ClN4O.ClH/c19-15-5-1-2-6-16(15)22-18(24)7-10-23-11-9-21-13-17(23)14-4-3-8-20-12-14;/h1-6,8,12,17,21H,7,9-11,13H2,(H,22,24);1H. The molecule has 1 aliphatic heterocycles. The topological polar surface area (TPSA) is 57.3 Å². The molecule has 1 unspecified atom stereocenters. The maximum Gasteiger partial charge on any atom is 0.225 e. The van der Waals surface area contributed by atoms with Crippen molar-refractivity contribution in [3.8, 4) is 0 Å². The van der Waals surface area contributed by atoms with Crippen molar-refractivity contribution < 1.29 is 4.79 Å². The Morgan fingerprint density at radius 3 is 2.92 bits per heavy atom. The molecule has 0 spiro atoms. The second-order valence-corrected chi connectivity index (χ2v) is 6.23. The van der Waals surface area contributed by atoms with Crippen LogP contribution in [0.15, 0.2) is 48.8 Å². The third-order valence-electron chi connectivity index (χ3n) is 4.20. The third kappa shape index (κ3) is 5.41. The number of amides is 1. The van der Waals surface area contributed by atoms with Gasteiger partial charge in [-0.05, 0) is 23.8 Å². The summed E-state index contributed by atoms with van der Waals surface area (Å²) in [5, 5.41) is 6.85. The Bertz CT molecular complexity index is 684. The first-order chi connectivity index (χ1) is 11.7. The van der Waals surface area contributed by atoms with Crippen LogP contribution in [-0.4, -0.2) is 42.0 Å². The minimum Gasteiger partial charge on any atom is -0.325 e. The van der Waals surface area contributed by atoms with Gasteiger partial charge in [0, 0.05) is 51.0 Å². The molecule has 2 heterocycles. The molecule has 1 fully saturated rings. The number of halogens is 2. The zero-order chi connectivity index (χ0) is 16.8. The van der Waals surface area contributed by atoms with Crippen molar-refractivity contribution >= 4 is 35.6 Å².